The maximum Gasteiger partial charge on any atom is 0.131 e. The molecule has 0 bridgehead atoms. The van der Waals surface area contributed by atoms with Gasteiger partial charge in [-0.15, -0.1) is 0 Å². The van der Waals surface area contributed by atoms with E-state index in [0.29, 0.717) is 12.5 Å². The predicted octanol–water partition coefficient (Wildman–Crippen LogP) is 1.95. The Morgan fingerprint density at radius 2 is 2.09 bits per heavy atom. The Bertz CT molecular complexity index is 657. The molecule has 1 N–H and O–H groups in total. The molecule has 0 aliphatic carbocycles. The number of aliphatic hydroxyl groups is 1. The summed E-state index contributed by atoms with van der Waals surface area (Å²) in [4.78, 5) is 2.44. The Balaban J connectivity index is 1.61. The predicted molar refractivity (Wildman–Crippen MR) is 89.5 cm³/mol. The van der Waals surface area contributed by atoms with E-state index in [4.69, 9.17) is 16.7 Å². The third kappa shape index (κ3) is 3.44. The fourth-order valence-electron chi connectivity index (χ4n) is 3.44. The van der Waals surface area contributed by atoms with Crippen LogP contribution in [-0.2, 0) is 20.1 Å². The molecule has 0 amide bonds. The molecule has 1 saturated heterocycles. The quantitative estimate of drug-likeness (QED) is 0.906. The topological polar surface area (TPSA) is 59.1 Å². The van der Waals surface area contributed by atoms with Gasteiger partial charge in [0.2, 0.25) is 0 Å². The summed E-state index contributed by atoms with van der Waals surface area (Å²) >= 11 is 6.34. The van der Waals surface area contributed by atoms with Crippen LogP contribution in [0.15, 0.2) is 12.3 Å². The van der Waals surface area contributed by atoms with Gasteiger partial charge in [0.1, 0.15) is 5.15 Å². The van der Waals surface area contributed by atoms with Gasteiger partial charge in [0, 0.05) is 37.0 Å². The zero-order valence-electron chi connectivity index (χ0n) is 13.7. The third-order valence-corrected chi connectivity index (χ3v) is 5.19. The van der Waals surface area contributed by atoms with Crippen molar-refractivity contribution in [3.8, 4) is 0 Å². The number of piperidine rings is 1. The summed E-state index contributed by atoms with van der Waals surface area (Å²) in [6, 6.07) is 2.08. The highest BCUT2D eigenvalue weighted by atomic mass is 35.5. The molecule has 2 aromatic rings. The van der Waals surface area contributed by atoms with E-state index >= 15 is 0 Å². The first-order valence-corrected chi connectivity index (χ1v) is 8.51. The summed E-state index contributed by atoms with van der Waals surface area (Å²) in [5.74, 6) is 0.519. The minimum Gasteiger partial charge on any atom is -0.394 e. The first-order chi connectivity index (χ1) is 11.1. The van der Waals surface area contributed by atoms with Crippen molar-refractivity contribution < 1.29 is 5.11 Å². The Kier molecular flexibility index (Phi) is 5.04. The van der Waals surface area contributed by atoms with Crippen molar-refractivity contribution in [3.63, 3.8) is 0 Å². The Morgan fingerprint density at radius 3 is 2.70 bits per heavy atom. The maximum absolute atomic E-state index is 9.13. The van der Waals surface area contributed by atoms with Gasteiger partial charge >= 0.3 is 0 Å². The number of hydrogen-bond acceptors (Lipinski definition) is 4. The van der Waals surface area contributed by atoms with E-state index in [1.165, 1.54) is 5.69 Å². The van der Waals surface area contributed by atoms with Crippen LogP contribution in [0.5, 0.6) is 0 Å². The van der Waals surface area contributed by atoms with Gasteiger partial charge in [0.25, 0.3) is 0 Å². The summed E-state index contributed by atoms with van der Waals surface area (Å²) in [5, 5.41) is 18.6. The van der Waals surface area contributed by atoms with E-state index in [-0.39, 0.29) is 6.61 Å². The highest BCUT2D eigenvalue weighted by Crippen LogP contribution is 2.29. The maximum atomic E-state index is 9.13. The second kappa shape index (κ2) is 7.03. The van der Waals surface area contributed by atoms with Gasteiger partial charge in [0.15, 0.2) is 0 Å². The van der Waals surface area contributed by atoms with E-state index < -0.39 is 0 Å². The fourth-order valence-corrected chi connectivity index (χ4v) is 3.67. The number of likely N-dealkylation sites (tertiary alicyclic amines) is 1. The highest BCUT2D eigenvalue weighted by molar-refractivity contribution is 6.30. The highest BCUT2D eigenvalue weighted by Gasteiger charge is 2.24. The standard InChI is InChI=1S/C16H24ClN5O/c1-12-14(16(17)20(2)19-12)11-21-7-4-13(5-8-21)15-3-6-18-22(15)9-10-23/h3,6,13,23H,4-5,7-11H2,1-2H3. The van der Waals surface area contributed by atoms with Crippen LogP contribution in [0.1, 0.15) is 35.7 Å². The van der Waals surface area contributed by atoms with E-state index in [9.17, 15) is 0 Å². The van der Waals surface area contributed by atoms with Gasteiger partial charge in [-0.1, -0.05) is 11.6 Å². The smallest absolute Gasteiger partial charge is 0.131 e. The molecule has 7 heteroatoms. The molecule has 0 spiro atoms. The number of aromatic nitrogens is 4. The van der Waals surface area contributed by atoms with Crippen LogP contribution in [0.25, 0.3) is 0 Å². The van der Waals surface area contributed by atoms with Crippen molar-refractivity contribution in [3.05, 3.63) is 34.4 Å². The minimum absolute atomic E-state index is 0.131. The van der Waals surface area contributed by atoms with E-state index in [1.807, 2.05) is 24.9 Å². The zero-order chi connectivity index (χ0) is 16.4. The zero-order valence-corrected chi connectivity index (χ0v) is 14.5. The number of aryl methyl sites for hydroxylation is 2. The molecular weight excluding hydrogens is 314 g/mol. The lowest BCUT2D eigenvalue weighted by molar-refractivity contribution is 0.198. The Morgan fingerprint density at radius 1 is 1.35 bits per heavy atom. The van der Waals surface area contributed by atoms with Crippen molar-refractivity contribution in [2.45, 2.75) is 38.8 Å². The van der Waals surface area contributed by atoms with Crippen molar-refractivity contribution in [1.29, 1.82) is 0 Å². The SMILES string of the molecule is Cc1nn(C)c(Cl)c1CN1CCC(c2ccnn2CCO)CC1. The molecule has 2 aromatic heterocycles. The summed E-state index contributed by atoms with van der Waals surface area (Å²) in [6.07, 6.45) is 4.04. The second-order valence-corrected chi connectivity index (χ2v) is 6.59. The molecule has 1 fully saturated rings. The Labute approximate surface area is 141 Å². The van der Waals surface area contributed by atoms with Crippen LogP contribution in [0, 0.1) is 6.92 Å². The molecule has 1 aliphatic heterocycles. The molecule has 0 unspecified atom stereocenters. The summed E-state index contributed by atoms with van der Waals surface area (Å²) in [5.41, 5.74) is 3.40. The van der Waals surface area contributed by atoms with Crippen molar-refractivity contribution >= 4 is 11.6 Å². The van der Waals surface area contributed by atoms with Crippen LogP contribution in [0.3, 0.4) is 0 Å². The largest absolute Gasteiger partial charge is 0.394 e. The number of aliphatic hydroxyl groups excluding tert-OH is 1. The number of hydrogen-bond donors (Lipinski definition) is 1. The molecular formula is C16H24ClN5O. The van der Waals surface area contributed by atoms with Gasteiger partial charge in [-0.2, -0.15) is 10.2 Å². The molecule has 23 heavy (non-hydrogen) atoms. The molecule has 3 heterocycles. The fraction of sp³-hybridized carbons (Fsp3) is 0.625. The van der Waals surface area contributed by atoms with Gasteiger partial charge in [0.05, 0.1) is 18.8 Å². The summed E-state index contributed by atoms with van der Waals surface area (Å²) in [7, 11) is 1.88. The first-order valence-electron chi connectivity index (χ1n) is 8.13. The van der Waals surface area contributed by atoms with Gasteiger partial charge in [-0.05, 0) is 38.9 Å². The molecule has 126 valence electrons. The van der Waals surface area contributed by atoms with Crippen LogP contribution in [0.4, 0.5) is 0 Å². The molecule has 0 radical (unpaired) electrons. The summed E-state index contributed by atoms with van der Waals surface area (Å²) < 4.78 is 3.68. The van der Waals surface area contributed by atoms with Crippen molar-refractivity contribution in [2.24, 2.45) is 7.05 Å². The normalized spacial score (nSPS) is 17.0. The molecule has 3 rings (SSSR count). The van der Waals surface area contributed by atoms with Gasteiger partial charge < -0.3 is 5.11 Å². The molecule has 0 saturated carbocycles. The number of rotatable bonds is 5. The molecule has 0 atom stereocenters. The average molecular weight is 338 g/mol. The van der Waals surface area contributed by atoms with Gasteiger partial charge in [-0.3, -0.25) is 14.3 Å². The molecule has 6 nitrogen and oxygen atoms in total. The van der Waals surface area contributed by atoms with Crippen LogP contribution in [0.2, 0.25) is 5.15 Å². The second-order valence-electron chi connectivity index (χ2n) is 6.23. The lowest BCUT2D eigenvalue weighted by Gasteiger charge is -2.32. The van der Waals surface area contributed by atoms with Crippen molar-refractivity contribution in [2.75, 3.05) is 19.7 Å². The number of halogens is 1. The van der Waals surface area contributed by atoms with E-state index in [0.717, 1.165) is 48.9 Å². The Hall–Kier alpha value is -1.37. The summed E-state index contributed by atoms with van der Waals surface area (Å²) in [6.45, 7) is 5.67. The lowest BCUT2D eigenvalue weighted by Crippen LogP contribution is -2.33. The molecule has 1 aliphatic rings. The monoisotopic (exact) mass is 337 g/mol. The van der Waals surface area contributed by atoms with E-state index in [1.54, 1.807) is 4.68 Å². The van der Waals surface area contributed by atoms with Crippen LogP contribution < -0.4 is 0 Å². The van der Waals surface area contributed by atoms with Gasteiger partial charge in [-0.25, -0.2) is 0 Å². The van der Waals surface area contributed by atoms with E-state index in [2.05, 4.69) is 21.2 Å². The average Bonchev–Trinajstić information content (AvgIpc) is 3.09. The number of nitrogens with zero attached hydrogens (tertiary/aromatic N) is 5. The van der Waals surface area contributed by atoms with Crippen LogP contribution >= 0.6 is 11.6 Å². The van der Waals surface area contributed by atoms with Crippen LogP contribution in [-0.4, -0.2) is 49.3 Å². The third-order valence-electron chi connectivity index (χ3n) is 4.72. The van der Waals surface area contributed by atoms with Crippen molar-refractivity contribution in [1.82, 2.24) is 24.5 Å². The minimum atomic E-state index is 0.131. The molecule has 0 aromatic carbocycles. The first kappa shape index (κ1) is 16.5. The lowest BCUT2D eigenvalue weighted by atomic mass is 9.93.